The van der Waals surface area contributed by atoms with Gasteiger partial charge in [0.25, 0.3) is 0 Å². The summed E-state index contributed by atoms with van der Waals surface area (Å²) in [5, 5.41) is 23.0. The standard InChI is InChI=1S/C10H14BrN3O3S/c1-6(9(5-15)18-2)13-10-8(14(16)17)3-7(11)4-12-10/h3-4,6,9,15H,5H2,1-2H3,(H,12,13). The van der Waals surface area contributed by atoms with Crippen LogP contribution in [0.15, 0.2) is 16.7 Å². The first-order valence-corrected chi connectivity index (χ1v) is 7.27. The number of hydrogen-bond donors (Lipinski definition) is 2. The molecule has 0 amide bonds. The fraction of sp³-hybridized carbons (Fsp3) is 0.500. The van der Waals surface area contributed by atoms with E-state index in [1.54, 1.807) is 0 Å². The monoisotopic (exact) mass is 335 g/mol. The van der Waals surface area contributed by atoms with Gasteiger partial charge in [-0.1, -0.05) is 0 Å². The van der Waals surface area contributed by atoms with Crippen LogP contribution in [0.5, 0.6) is 0 Å². The molecular weight excluding hydrogens is 322 g/mol. The molecule has 0 radical (unpaired) electrons. The lowest BCUT2D eigenvalue weighted by molar-refractivity contribution is -0.384. The van der Waals surface area contributed by atoms with E-state index in [4.69, 9.17) is 0 Å². The highest BCUT2D eigenvalue weighted by Crippen LogP contribution is 2.27. The van der Waals surface area contributed by atoms with Gasteiger partial charge in [-0.15, -0.1) is 0 Å². The van der Waals surface area contributed by atoms with Gasteiger partial charge in [-0.3, -0.25) is 10.1 Å². The van der Waals surface area contributed by atoms with Crippen molar-refractivity contribution in [2.24, 2.45) is 0 Å². The summed E-state index contributed by atoms with van der Waals surface area (Å²) in [6.07, 6.45) is 3.37. The first kappa shape index (κ1) is 15.2. The molecule has 18 heavy (non-hydrogen) atoms. The third-order valence-corrected chi connectivity index (χ3v) is 4.03. The molecule has 0 aliphatic rings. The molecule has 1 aromatic rings. The molecule has 0 aliphatic heterocycles. The first-order valence-electron chi connectivity index (χ1n) is 5.19. The number of anilines is 1. The molecule has 1 aromatic heterocycles. The second-order valence-corrected chi connectivity index (χ2v) is 5.66. The zero-order valence-electron chi connectivity index (χ0n) is 9.96. The van der Waals surface area contributed by atoms with Crippen molar-refractivity contribution >= 4 is 39.2 Å². The molecule has 0 aliphatic carbocycles. The lowest BCUT2D eigenvalue weighted by Crippen LogP contribution is -2.31. The van der Waals surface area contributed by atoms with Gasteiger partial charge in [-0.2, -0.15) is 11.8 Å². The Bertz CT molecular complexity index is 429. The molecular formula is C10H14BrN3O3S. The molecule has 0 saturated carbocycles. The van der Waals surface area contributed by atoms with Gasteiger partial charge < -0.3 is 10.4 Å². The highest BCUT2D eigenvalue weighted by molar-refractivity contribution is 9.10. The molecule has 1 rings (SSSR count). The van der Waals surface area contributed by atoms with E-state index in [0.29, 0.717) is 4.47 Å². The number of aromatic nitrogens is 1. The number of halogens is 1. The number of pyridine rings is 1. The minimum absolute atomic E-state index is 0.000338. The van der Waals surface area contributed by atoms with Gasteiger partial charge >= 0.3 is 5.69 Å². The van der Waals surface area contributed by atoms with Gasteiger partial charge in [0.1, 0.15) is 0 Å². The van der Waals surface area contributed by atoms with Crippen LogP contribution in [0.4, 0.5) is 11.5 Å². The Morgan fingerprint density at radius 2 is 2.39 bits per heavy atom. The van der Waals surface area contributed by atoms with Crippen LogP contribution in [0, 0.1) is 10.1 Å². The van der Waals surface area contributed by atoms with Gasteiger partial charge in [-0.05, 0) is 29.1 Å². The number of nitro groups is 1. The molecule has 100 valence electrons. The molecule has 0 bridgehead atoms. The molecule has 0 fully saturated rings. The number of thioether (sulfide) groups is 1. The fourth-order valence-electron chi connectivity index (χ4n) is 1.42. The van der Waals surface area contributed by atoms with Crippen molar-refractivity contribution < 1.29 is 10.0 Å². The summed E-state index contributed by atoms with van der Waals surface area (Å²) in [5.74, 6) is 0.211. The summed E-state index contributed by atoms with van der Waals surface area (Å²) in [7, 11) is 0. The molecule has 1 heterocycles. The maximum absolute atomic E-state index is 10.9. The predicted molar refractivity (Wildman–Crippen MR) is 76.1 cm³/mol. The van der Waals surface area contributed by atoms with Crippen molar-refractivity contribution in [3.63, 3.8) is 0 Å². The van der Waals surface area contributed by atoms with Crippen LogP contribution in [0.1, 0.15) is 6.92 Å². The van der Waals surface area contributed by atoms with E-state index >= 15 is 0 Å². The number of nitrogens with zero attached hydrogens (tertiary/aromatic N) is 2. The minimum Gasteiger partial charge on any atom is -0.395 e. The smallest absolute Gasteiger partial charge is 0.312 e. The van der Waals surface area contributed by atoms with Crippen LogP contribution in [0.3, 0.4) is 0 Å². The Morgan fingerprint density at radius 3 is 2.89 bits per heavy atom. The number of aliphatic hydroxyl groups excluding tert-OH is 1. The molecule has 6 nitrogen and oxygen atoms in total. The van der Waals surface area contributed by atoms with Gasteiger partial charge in [0.2, 0.25) is 5.82 Å². The normalized spacial score (nSPS) is 14.0. The molecule has 0 saturated heterocycles. The maximum Gasteiger partial charge on any atom is 0.312 e. The predicted octanol–water partition coefficient (Wildman–Crippen LogP) is 2.28. The Hall–Kier alpha value is -0.860. The summed E-state index contributed by atoms with van der Waals surface area (Å²) >= 11 is 4.64. The molecule has 2 unspecified atom stereocenters. The van der Waals surface area contributed by atoms with E-state index in [9.17, 15) is 15.2 Å². The lowest BCUT2D eigenvalue weighted by atomic mass is 10.2. The van der Waals surface area contributed by atoms with Crippen molar-refractivity contribution in [2.45, 2.75) is 18.2 Å². The highest BCUT2D eigenvalue weighted by Gasteiger charge is 2.21. The van der Waals surface area contributed by atoms with E-state index in [1.807, 2.05) is 13.2 Å². The summed E-state index contributed by atoms with van der Waals surface area (Å²) < 4.78 is 0.552. The van der Waals surface area contributed by atoms with Crippen LogP contribution in [0.25, 0.3) is 0 Å². The average Bonchev–Trinajstić information content (AvgIpc) is 2.32. The molecule has 2 atom stereocenters. The second kappa shape index (κ2) is 6.91. The van der Waals surface area contributed by atoms with Crippen molar-refractivity contribution in [1.29, 1.82) is 0 Å². The van der Waals surface area contributed by atoms with Crippen LogP contribution in [-0.2, 0) is 0 Å². The van der Waals surface area contributed by atoms with Gasteiger partial charge in [0.15, 0.2) is 0 Å². The number of aliphatic hydroxyl groups is 1. The fourth-order valence-corrected chi connectivity index (χ4v) is 2.37. The summed E-state index contributed by atoms with van der Waals surface area (Å²) in [6.45, 7) is 1.85. The highest BCUT2D eigenvalue weighted by atomic mass is 79.9. The van der Waals surface area contributed by atoms with E-state index in [1.165, 1.54) is 24.0 Å². The Labute approximate surface area is 117 Å². The number of hydrogen-bond acceptors (Lipinski definition) is 6. The zero-order valence-corrected chi connectivity index (χ0v) is 12.4. The van der Waals surface area contributed by atoms with Gasteiger partial charge in [0, 0.05) is 28.0 Å². The summed E-state index contributed by atoms with van der Waals surface area (Å²) in [6, 6.07) is 1.27. The van der Waals surface area contributed by atoms with Crippen LogP contribution >= 0.6 is 27.7 Å². The Balaban J connectivity index is 2.93. The average molecular weight is 336 g/mol. The molecule has 0 aromatic carbocycles. The van der Waals surface area contributed by atoms with Crippen molar-refractivity contribution in [1.82, 2.24) is 4.98 Å². The van der Waals surface area contributed by atoms with E-state index in [-0.39, 0.29) is 29.4 Å². The van der Waals surface area contributed by atoms with Crippen LogP contribution < -0.4 is 5.32 Å². The maximum atomic E-state index is 10.9. The van der Waals surface area contributed by atoms with Crippen molar-refractivity contribution in [3.05, 3.63) is 26.9 Å². The summed E-state index contributed by atoms with van der Waals surface area (Å²) in [5.41, 5.74) is -0.0889. The largest absolute Gasteiger partial charge is 0.395 e. The Kier molecular flexibility index (Phi) is 5.83. The number of nitrogens with one attached hydrogen (secondary N) is 1. The lowest BCUT2D eigenvalue weighted by Gasteiger charge is -2.21. The summed E-state index contributed by atoms with van der Waals surface area (Å²) in [4.78, 5) is 14.4. The van der Waals surface area contributed by atoms with E-state index in [2.05, 4.69) is 26.2 Å². The number of rotatable bonds is 6. The molecule has 0 spiro atoms. The van der Waals surface area contributed by atoms with E-state index < -0.39 is 4.92 Å². The minimum atomic E-state index is -0.486. The molecule has 8 heteroatoms. The van der Waals surface area contributed by atoms with Gasteiger partial charge in [-0.25, -0.2) is 4.98 Å². The van der Waals surface area contributed by atoms with Crippen LogP contribution in [0.2, 0.25) is 0 Å². The van der Waals surface area contributed by atoms with Crippen LogP contribution in [-0.4, -0.2) is 39.2 Å². The third kappa shape index (κ3) is 3.82. The Morgan fingerprint density at radius 1 is 1.72 bits per heavy atom. The van der Waals surface area contributed by atoms with Crippen molar-refractivity contribution in [2.75, 3.05) is 18.2 Å². The SMILES string of the molecule is CSC(CO)C(C)Nc1ncc(Br)cc1[N+](=O)[O-]. The third-order valence-electron chi connectivity index (χ3n) is 2.44. The first-order chi connectivity index (χ1) is 8.49. The molecule has 2 N–H and O–H groups in total. The van der Waals surface area contributed by atoms with E-state index in [0.717, 1.165) is 0 Å². The van der Waals surface area contributed by atoms with Gasteiger partial charge in [0.05, 0.1) is 11.5 Å². The zero-order chi connectivity index (χ0) is 13.7. The second-order valence-electron chi connectivity index (χ2n) is 3.67. The van der Waals surface area contributed by atoms with Crippen molar-refractivity contribution in [3.8, 4) is 0 Å². The topological polar surface area (TPSA) is 88.3 Å². The quantitative estimate of drug-likeness (QED) is 0.612.